The molecule has 2 aliphatic rings. The molecule has 2 aliphatic heterocycles. The molecule has 2 heterocycles. The molecular formula is C26H30O7. The summed E-state index contributed by atoms with van der Waals surface area (Å²) in [6.07, 6.45) is -1.95. The smallest absolute Gasteiger partial charge is 0.339 e. The number of rotatable bonds is 11. The van der Waals surface area contributed by atoms with Gasteiger partial charge >= 0.3 is 5.97 Å². The second-order valence-corrected chi connectivity index (χ2v) is 7.87. The van der Waals surface area contributed by atoms with Gasteiger partial charge in [0.25, 0.3) is 0 Å². The third kappa shape index (κ3) is 5.69. The molecule has 176 valence electrons. The highest BCUT2D eigenvalue weighted by molar-refractivity contribution is 5.76. The van der Waals surface area contributed by atoms with Crippen molar-refractivity contribution >= 4 is 5.97 Å². The summed E-state index contributed by atoms with van der Waals surface area (Å²) in [6.45, 7) is 6.80. The monoisotopic (exact) mass is 454 g/mol. The van der Waals surface area contributed by atoms with E-state index in [1.54, 1.807) is 13.0 Å². The van der Waals surface area contributed by atoms with Crippen LogP contribution in [0.2, 0.25) is 0 Å². The lowest BCUT2D eigenvalue weighted by atomic mass is 9.99. The first-order valence-corrected chi connectivity index (χ1v) is 11.2. The van der Waals surface area contributed by atoms with Gasteiger partial charge in [0.15, 0.2) is 12.4 Å². The van der Waals surface area contributed by atoms with Crippen LogP contribution >= 0.6 is 0 Å². The molecule has 0 spiro atoms. The fourth-order valence-corrected chi connectivity index (χ4v) is 4.09. The average molecular weight is 455 g/mol. The number of benzene rings is 2. The van der Waals surface area contributed by atoms with Crippen molar-refractivity contribution in [2.24, 2.45) is 0 Å². The van der Waals surface area contributed by atoms with Crippen LogP contribution in [0, 0.1) is 0 Å². The van der Waals surface area contributed by atoms with Crippen molar-refractivity contribution in [2.45, 2.75) is 50.3 Å². The van der Waals surface area contributed by atoms with Gasteiger partial charge in [0.2, 0.25) is 0 Å². The number of esters is 1. The molecule has 2 aromatic carbocycles. The minimum Gasteiger partial charge on any atom is -0.464 e. The summed E-state index contributed by atoms with van der Waals surface area (Å²) in [7, 11) is 0. The molecule has 0 aromatic heterocycles. The van der Waals surface area contributed by atoms with Crippen molar-refractivity contribution in [2.75, 3.05) is 19.8 Å². The fourth-order valence-electron chi connectivity index (χ4n) is 4.09. The van der Waals surface area contributed by atoms with Gasteiger partial charge in [-0.2, -0.15) is 0 Å². The Balaban J connectivity index is 1.58. The Morgan fingerprint density at radius 1 is 1.06 bits per heavy atom. The number of hydrogen-bond donors (Lipinski definition) is 0. The van der Waals surface area contributed by atoms with E-state index in [9.17, 15) is 4.79 Å². The van der Waals surface area contributed by atoms with Crippen LogP contribution in [0.1, 0.15) is 24.2 Å². The number of carbonyl (C=O) groups is 1. The van der Waals surface area contributed by atoms with Crippen LogP contribution < -0.4 is 0 Å². The van der Waals surface area contributed by atoms with Crippen molar-refractivity contribution in [3.63, 3.8) is 0 Å². The molecule has 6 atom stereocenters. The zero-order valence-corrected chi connectivity index (χ0v) is 18.7. The molecule has 0 unspecified atom stereocenters. The minimum atomic E-state index is -0.954. The molecular weight excluding hydrogens is 424 g/mol. The lowest BCUT2D eigenvalue weighted by Gasteiger charge is -2.41. The average Bonchev–Trinajstić information content (AvgIpc) is 3.28. The van der Waals surface area contributed by atoms with Crippen molar-refractivity contribution in [3.05, 3.63) is 84.4 Å². The van der Waals surface area contributed by atoms with E-state index in [1.165, 1.54) is 0 Å². The number of carbonyl (C=O) groups excluding carboxylic acids is 1. The van der Waals surface area contributed by atoms with E-state index < -0.39 is 36.7 Å². The molecule has 2 fully saturated rings. The summed E-state index contributed by atoms with van der Waals surface area (Å²) >= 11 is 0. The highest BCUT2D eigenvalue weighted by atomic mass is 16.8. The first-order chi connectivity index (χ1) is 16.2. The number of hydrogen-bond acceptors (Lipinski definition) is 7. The maximum absolute atomic E-state index is 12.8. The van der Waals surface area contributed by atoms with Crippen LogP contribution in [0.15, 0.2) is 73.3 Å². The Bertz CT molecular complexity index is 888. The van der Waals surface area contributed by atoms with E-state index in [0.717, 1.165) is 5.56 Å². The Labute approximate surface area is 194 Å². The van der Waals surface area contributed by atoms with Crippen molar-refractivity contribution in [1.29, 1.82) is 0 Å². The quantitative estimate of drug-likeness (QED) is 0.380. The summed E-state index contributed by atoms with van der Waals surface area (Å²) in [5.74, 6) is -0.479. The summed E-state index contributed by atoms with van der Waals surface area (Å²) in [5.41, 5.74) is 1.72. The van der Waals surface area contributed by atoms with Gasteiger partial charge in [-0.15, -0.1) is 6.58 Å². The molecule has 0 N–H and O–H groups in total. The first-order valence-electron chi connectivity index (χ1n) is 11.2. The van der Waals surface area contributed by atoms with E-state index in [4.69, 9.17) is 28.4 Å². The highest BCUT2D eigenvalue weighted by Gasteiger charge is 2.54. The molecule has 4 rings (SSSR count). The Morgan fingerprint density at radius 3 is 2.48 bits per heavy atom. The highest BCUT2D eigenvalue weighted by Crippen LogP contribution is 2.37. The predicted molar refractivity (Wildman–Crippen MR) is 120 cm³/mol. The number of fused-ring (bicyclic) bond motifs is 2. The summed E-state index contributed by atoms with van der Waals surface area (Å²) in [6, 6.07) is 19.1. The van der Waals surface area contributed by atoms with Crippen molar-refractivity contribution in [1.82, 2.24) is 0 Å². The molecule has 7 heteroatoms. The summed E-state index contributed by atoms with van der Waals surface area (Å²) in [4.78, 5) is 12.8. The predicted octanol–water partition coefficient (Wildman–Crippen LogP) is 3.59. The third-order valence-electron chi connectivity index (χ3n) is 5.60. The van der Waals surface area contributed by atoms with Gasteiger partial charge in [0, 0.05) is 0 Å². The number of ether oxygens (including phenoxy) is 6. The normalized spacial score (nSPS) is 27.1. The molecule has 0 radical (unpaired) electrons. The van der Waals surface area contributed by atoms with E-state index in [-0.39, 0.29) is 12.7 Å². The van der Waals surface area contributed by atoms with Gasteiger partial charge in [-0.3, -0.25) is 0 Å². The lowest BCUT2D eigenvalue weighted by molar-refractivity contribution is -0.272. The minimum absolute atomic E-state index is 0.244. The molecule has 33 heavy (non-hydrogen) atoms. The maximum atomic E-state index is 12.8. The van der Waals surface area contributed by atoms with Crippen LogP contribution in [0.25, 0.3) is 0 Å². The lowest BCUT2D eigenvalue weighted by Crippen LogP contribution is -2.57. The maximum Gasteiger partial charge on any atom is 0.339 e. The molecule has 2 aromatic rings. The van der Waals surface area contributed by atoms with E-state index >= 15 is 0 Å². The first kappa shape index (κ1) is 23.6. The van der Waals surface area contributed by atoms with Gasteiger partial charge in [-0.05, 0) is 18.1 Å². The van der Waals surface area contributed by atoms with E-state index in [1.807, 2.05) is 60.7 Å². The van der Waals surface area contributed by atoms with Crippen molar-refractivity contribution in [3.8, 4) is 0 Å². The second kappa shape index (κ2) is 11.5. The summed E-state index contributed by atoms with van der Waals surface area (Å²) < 4.78 is 36.0. The standard InChI is InChI=1S/C26H30O7/c1-3-15-29-23-22(30-16-18-11-7-5-8-12-18)20-17-31-26(32-20)24(23)33-21(25(27)28-4-2)19-13-9-6-10-14-19/h3,5-14,20-24,26H,1,4,15-17H2,2H3/t20-,21-,22-,23+,24-,26-/m1/s1. The molecule has 0 saturated carbocycles. The Hall–Kier alpha value is -2.55. The van der Waals surface area contributed by atoms with Gasteiger partial charge in [-0.1, -0.05) is 66.7 Å². The molecule has 0 aliphatic carbocycles. The zero-order chi connectivity index (χ0) is 23.0. The second-order valence-electron chi connectivity index (χ2n) is 7.87. The van der Waals surface area contributed by atoms with Gasteiger partial charge in [0.1, 0.15) is 24.4 Å². The topological polar surface area (TPSA) is 72.5 Å². The van der Waals surface area contributed by atoms with Crippen LogP contribution in [-0.2, 0) is 39.8 Å². The molecule has 0 amide bonds. The van der Waals surface area contributed by atoms with Crippen molar-refractivity contribution < 1.29 is 33.2 Å². The van der Waals surface area contributed by atoms with E-state index in [0.29, 0.717) is 25.4 Å². The molecule has 2 bridgehead atoms. The summed E-state index contributed by atoms with van der Waals surface area (Å²) in [5, 5.41) is 0. The molecule has 7 nitrogen and oxygen atoms in total. The fraction of sp³-hybridized carbons (Fsp3) is 0.423. The van der Waals surface area contributed by atoms with Gasteiger partial charge < -0.3 is 28.4 Å². The van der Waals surface area contributed by atoms with Crippen LogP contribution in [-0.4, -0.2) is 56.5 Å². The van der Waals surface area contributed by atoms with E-state index in [2.05, 4.69) is 6.58 Å². The van der Waals surface area contributed by atoms with Gasteiger partial charge in [-0.25, -0.2) is 4.79 Å². The SMILES string of the molecule is C=CCO[C@@H]1[C@@H](O[C@@H](C(=O)OCC)c2ccccc2)[C@@H]2OC[C@@H](O2)[C@H]1OCc1ccccc1. The molecule has 2 saturated heterocycles. The Kier molecular flexibility index (Phi) is 8.25. The third-order valence-corrected chi connectivity index (χ3v) is 5.60. The van der Waals surface area contributed by atoms with Crippen LogP contribution in [0.3, 0.4) is 0 Å². The largest absolute Gasteiger partial charge is 0.464 e. The Morgan fingerprint density at radius 2 is 1.79 bits per heavy atom. The van der Waals surface area contributed by atoms with Crippen LogP contribution in [0.5, 0.6) is 0 Å². The van der Waals surface area contributed by atoms with Gasteiger partial charge in [0.05, 0.1) is 26.4 Å². The van der Waals surface area contributed by atoms with Crippen LogP contribution in [0.4, 0.5) is 0 Å². The zero-order valence-electron chi connectivity index (χ0n) is 18.7.